The summed E-state index contributed by atoms with van der Waals surface area (Å²) < 4.78 is 27.0. The van der Waals surface area contributed by atoms with Crippen molar-refractivity contribution in [1.29, 1.82) is 0 Å². The molecule has 2 N–H and O–H groups in total. The quantitative estimate of drug-likeness (QED) is 0.169. The van der Waals surface area contributed by atoms with Crippen molar-refractivity contribution < 1.29 is 62.4 Å². The molecule has 0 aromatic carbocycles. The highest BCUT2D eigenvalue weighted by atomic mass is 16.7. The van der Waals surface area contributed by atoms with Crippen LogP contribution in [0.2, 0.25) is 0 Å². The summed E-state index contributed by atoms with van der Waals surface area (Å²) in [6, 6.07) is -1.17. The van der Waals surface area contributed by atoms with Crippen molar-refractivity contribution in [2.45, 2.75) is 84.0 Å². The Balaban J connectivity index is 3.01. The fraction of sp³-hybridized carbons (Fsp3) is 0.682. The first-order chi connectivity index (χ1) is 16.8. The molecule has 14 nitrogen and oxygen atoms in total. The van der Waals surface area contributed by atoms with Gasteiger partial charge in [-0.2, -0.15) is 0 Å². The molecule has 1 saturated heterocycles. The Hall–Kier alpha value is -3.39. The van der Waals surface area contributed by atoms with E-state index in [-0.39, 0.29) is 31.7 Å². The molecule has 0 saturated carbocycles. The lowest BCUT2D eigenvalue weighted by atomic mass is 9.96. The largest absolute Gasteiger partial charge is 0.481 e. The predicted octanol–water partition coefficient (Wildman–Crippen LogP) is -0.558. The number of hydrogen-bond acceptors (Lipinski definition) is 12. The lowest BCUT2D eigenvalue weighted by molar-refractivity contribution is -0.277. The highest BCUT2D eigenvalue weighted by Gasteiger charge is 2.51. The number of carboxylic acids is 1. The summed E-state index contributed by atoms with van der Waals surface area (Å²) >= 11 is 0. The van der Waals surface area contributed by atoms with Gasteiger partial charge in [-0.05, 0) is 0 Å². The summed E-state index contributed by atoms with van der Waals surface area (Å²) in [5, 5.41) is 11.1. The van der Waals surface area contributed by atoms with E-state index in [0.29, 0.717) is 0 Å². The molecule has 1 fully saturated rings. The van der Waals surface area contributed by atoms with E-state index in [4.69, 9.17) is 28.8 Å². The van der Waals surface area contributed by atoms with E-state index >= 15 is 0 Å². The maximum atomic E-state index is 12.1. The van der Waals surface area contributed by atoms with Crippen molar-refractivity contribution in [3.05, 3.63) is 0 Å². The number of amides is 1. The lowest BCUT2D eigenvalue weighted by Crippen LogP contribution is -2.66. The molecule has 1 aliphatic heterocycles. The molecule has 0 aromatic heterocycles. The second kappa shape index (κ2) is 14.9. The van der Waals surface area contributed by atoms with Gasteiger partial charge in [0, 0.05) is 47.0 Å². The summed E-state index contributed by atoms with van der Waals surface area (Å²) in [7, 11) is 0. The lowest BCUT2D eigenvalue weighted by Gasteiger charge is -2.44. The summed E-state index contributed by atoms with van der Waals surface area (Å²) in [6.45, 7) is 3.91. The molecule has 1 amide bonds. The molecule has 0 unspecified atom stereocenters. The third-order valence-electron chi connectivity index (χ3n) is 4.77. The van der Waals surface area contributed by atoms with Crippen LogP contribution < -0.4 is 5.32 Å². The molecule has 0 radical (unpaired) electrons. The number of esters is 3. The number of carbonyl (C=O) groups excluding carboxylic acids is 6. The van der Waals surface area contributed by atoms with Crippen LogP contribution >= 0.6 is 0 Å². The van der Waals surface area contributed by atoms with Crippen molar-refractivity contribution in [2.75, 3.05) is 13.2 Å². The molecule has 1 aliphatic rings. The first kappa shape index (κ1) is 30.6. The minimum Gasteiger partial charge on any atom is -0.481 e. The van der Waals surface area contributed by atoms with Crippen LogP contribution in [0.3, 0.4) is 0 Å². The van der Waals surface area contributed by atoms with E-state index in [0.717, 1.165) is 20.8 Å². The van der Waals surface area contributed by atoms with Gasteiger partial charge < -0.3 is 34.1 Å². The molecule has 0 aromatic rings. The number of nitrogens with one attached hydrogen (secondary N) is 1. The van der Waals surface area contributed by atoms with Crippen LogP contribution in [-0.2, 0) is 57.2 Å². The minimum atomic E-state index is -1.31. The van der Waals surface area contributed by atoms with Gasteiger partial charge in [0.1, 0.15) is 36.7 Å². The summed E-state index contributed by atoms with van der Waals surface area (Å²) in [4.78, 5) is 80.8. The molecular weight excluding hydrogens is 486 g/mol. The van der Waals surface area contributed by atoms with Gasteiger partial charge in [0.2, 0.25) is 5.91 Å². The number of carbonyl (C=O) groups is 7. The summed E-state index contributed by atoms with van der Waals surface area (Å²) in [5.74, 6) is -4.99. The van der Waals surface area contributed by atoms with Gasteiger partial charge >= 0.3 is 23.9 Å². The van der Waals surface area contributed by atoms with Gasteiger partial charge in [-0.3, -0.25) is 33.6 Å². The molecule has 0 aliphatic carbocycles. The van der Waals surface area contributed by atoms with Gasteiger partial charge in [0.25, 0.3) is 0 Å². The topological polar surface area (TPSA) is 198 Å². The number of Topliss-reactive ketones (excluding diaryl/α,β-unsaturated/α-hetero) is 2. The zero-order chi connectivity index (χ0) is 27.4. The van der Waals surface area contributed by atoms with E-state index in [1.807, 2.05) is 0 Å². The monoisotopic (exact) mass is 517 g/mol. The molecule has 0 bridgehead atoms. The Morgan fingerprint density at radius 3 is 1.92 bits per heavy atom. The fourth-order valence-corrected chi connectivity index (χ4v) is 3.38. The number of ketones is 2. The molecule has 36 heavy (non-hydrogen) atoms. The number of aliphatic carboxylic acids is 1. The Labute approximate surface area is 206 Å². The first-order valence-electron chi connectivity index (χ1n) is 11.1. The zero-order valence-electron chi connectivity index (χ0n) is 20.5. The molecule has 5 atom stereocenters. The van der Waals surface area contributed by atoms with Crippen molar-refractivity contribution in [3.8, 4) is 0 Å². The van der Waals surface area contributed by atoms with Gasteiger partial charge in [0.15, 0.2) is 18.5 Å². The SMILES string of the molecule is CC(=O)N[C@H]1[C@H](OCCC(=O)CCC(=O)CC(=O)O)O[C@H](COC(C)=O)[C@H](OC(C)=O)[C@@H]1OC(C)=O. The number of ether oxygens (including phenoxy) is 5. The van der Waals surface area contributed by atoms with E-state index < -0.39 is 79.2 Å². The minimum absolute atomic E-state index is 0.173. The van der Waals surface area contributed by atoms with Crippen LogP contribution in [0, 0.1) is 0 Å². The molecule has 14 heteroatoms. The van der Waals surface area contributed by atoms with Crippen LogP contribution in [0.5, 0.6) is 0 Å². The van der Waals surface area contributed by atoms with E-state index in [2.05, 4.69) is 5.32 Å². The van der Waals surface area contributed by atoms with E-state index in [1.54, 1.807) is 0 Å². The first-order valence-corrected chi connectivity index (χ1v) is 11.1. The third kappa shape index (κ3) is 11.4. The van der Waals surface area contributed by atoms with Gasteiger partial charge in [-0.1, -0.05) is 0 Å². The summed E-state index contributed by atoms with van der Waals surface area (Å²) in [5.41, 5.74) is 0. The van der Waals surface area contributed by atoms with E-state index in [9.17, 15) is 33.6 Å². The van der Waals surface area contributed by atoms with Gasteiger partial charge in [-0.15, -0.1) is 0 Å². The number of hydrogen-bond donors (Lipinski definition) is 2. The maximum absolute atomic E-state index is 12.1. The highest BCUT2D eigenvalue weighted by Crippen LogP contribution is 2.28. The molecular formula is C22H31NO13. The molecule has 1 rings (SSSR count). The van der Waals surface area contributed by atoms with Crippen LogP contribution in [0.4, 0.5) is 0 Å². The Morgan fingerprint density at radius 1 is 0.806 bits per heavy atom. The Morgan fingerprint density at radius 2 is 1.39 bits per heavy atom. The highest BCUT2D eigenvalue weighted by molar-refractivity contribution is 5.96. The van der Waals surface area contributed by atoms with Gasteiger partial charge in [-0.25, -0.2) is 0 Å². The van der Waals surface area contributed by atoms with Gasteiger partial charge in [0.05, 0.1) is 6.61 Å². The zero-order valence-corrected chi connectivity index (χ0v) is 20.5. The standard InChI is InChI=1S/C22H31NO13/c1-11(24)23-19-21(35-14(4)27)20(34-13(3)26)17(10-33-12(2)25)36-22(19)32-8-7-15(28)5-6-16(29)9-18(30)31/h17,19-22H,5-10H2,1-4H3,(H,23,24)(H,30,31)/t17-,19-,20+,21-,22-/m1/s1. The van der Waals surface area contributed by atoms with Crippen LogP contribution in [-0.4, -0.2) is 90.3 Å². The molecule has 0 spiro atoms. The van der Waals surface area contributed by atoms with Crippen molar-refractivity contribution >= 4 is 41.4 Å². The third-order valence-corrected chi connectivity index (χ3v) is 4.77. The average molecular weight is 517 g/mol. The van der Waals surface area contributed by atoms with Crippen molar-refractivity contribution in [3.63, 3.8) is 0 Å². The van der Waals surface area contributed by atoms with Crippen LogP contribution in [0.15, 0.2) is 0 Å². The second-order valence-electron chi connectivity index (χ2n) is 7.99. The second-order valence-corrected chi connectivity index (χ2v) is 7.99. The normalized spacial score (nSPS) is 23.2. The fourth-order valence-electron chi connectivity index (χ4n) is 3.38. The maximum Gasteiger partial charge on any atom is 0.310 e. The summed E-state index contributed by atoms with van der Waals surface area (Å²) in [6.07, 6.45) is -6.30. The number of rotatable bonds is 14. The van der Waals surface area contributed by atoms with Crippen molar-refractivity contribution in [2.24, 2.45) is 0 Å². The Kier molecular flexibility index (Phi) is 12.7. The Bertz CT molecular complexity index is 855. The van der Waals surface area contributed by atoms with Crippen LogP contribution in [0.1, 0.15) is 53.4 Å². The van der Waals surface area contributed by atoms with Crippen LogP contribution in [0.25, 0.3) is 0 Å². The molecule has 202 valence electrons. The predicted molar refractivity (Wildman–Crippen MR) is 116 cm³/mol. The van der Waals surface area contributed by atoms with Crippen molar-refractivity contribution in [1.82, 2.24) is 5.32 Å². The smallest absolute Gasteiger partial charge is 0.310 e. The average Bonchev–Trinajstić information content (AvgIpc) is 2.73. The molecule has 1 heterocycles. The van der Waals surface area contributed by atoms with E-state index in [1.165, 1.54) is 6.92 Å². The number of carboxylic acid groups (broad SMARTS) is 1.